The van der Waals surface area contributed by atoms with E-state index < -0.39 is 39.5 Å². The molecule has 0 radical (unpaired) electrons. The minimum Gasteiger partial charge on any atom is -0.292 e. The van der Waals surface area contributed by atoms with E-state index in [4.69, 9.17) is 0 Å². The predicted octanol–water partition coefficient (Wildman–Crippen LogP) is 3.93. The van der Waals surface area contributed by atoms with Gasteiger partial charge in [-0.25, -0.2) is 4.39 Å². The van der Waals surface area contributed by atoms with Crippen LogP contribution >= 0.6 is 0 Å². The molecule has 0 bridgehead atoms. The zero-order valence-corrected chi connectivity index (χ0v) is 13.6. The molecule has 0 saturated heterocycles. The van der Waals surface area contributed by atoms with Crippen LogP contribution in [-0.2, 0) is 16.4 Å². The van der Waals surface area contributed by atoms with E-state index in [0.29, 0.717) is 30.5 Å². The van der Waals surface area contributed by atoms with Gasteiger partial charge in [0.1, 0.15) is 11.5 Å². The summed E-state index contributed by atoms with van der Waals surface area (Å²) in [4.78, 5) is 22.6. The number of halogens is 4. The topological polar surface area (TPSA) is 84.3 Å². The van der Waals surface area contributed by atoms with Crippen LogP contribution in [0.5, 0.6) is 0 Å². The van der Waals surface area contributed by atoms with Crippen LogP contribution in [-0.4, -0.2) is 10.8 Å². The summed E-state index contributed by atoms with van der Waals surface area (Å²) in [7, 11) is 0. The van der Waals surface area contributed by atoms with Gasteiger partial charge in [-0.1, -0.05) is 12.1 Å². The summed E-state index contributed by atoms with van der Waals surface area (Å²) in [5.74, 6) is -0.961. The normalized spacial score (nSPS) is 15.1. The van der Waals surface area contributed by atoms with E-state index in [0.717, 1.165) is 6.07 Å². The zero-order valence-electron chi connectivity index (χ0n) is 13.6. The Bertz CT molecular complexity index is 893. The molecule has 1 amide bonds. The van der Waals surface area contributed by atoms with Crippen molar-refractivity contribution in [2.24, 2.45) is 0 Å². The molecule has 142 valence electrons. The highest BCUT2D eigenvalue weighted by molar-refractivity contribution is 5.92. The molecule has 1 aliphatic rings. The quantitative estimate of drug-likeness (QED) is 0.466. The summed E-state index contributed by atoms with van der Waals surface area (Å²) >= 11 is 0. The second-order valence-corrected chi connectivity index (χ2v) is 6.15. The number of carbonyl (C=O) groups excluding carboxylic acids is 1. The van der Waals surface area contributed by atoms with Gasteiger partial charge in [-0.2, -0.15) is 13.2 Å². The van der Waals surface area contributed by atoms with Crippen molar-refractivity contribution in [2.45, 2.75) is 24.4 Å². The minimum absolute atomic E-state index is 0.281. The van der Waals surface area contributed by atoms with Gasteiger partial charge in [0.25, 0.3) is 5.69 Å². The fourth-order valence-electron chi connectivity index (χ4n) is 2.75. The molecule has 0 atom stereocenters. The fourth-order valence-corrected chi connectivity index (χ4v) is 2.75. The lowest BCUT2D eigenvalue weighted by Crippen LogP contribution is -2.38. The number of carbonyl (C=O) groups is 1. The Hall–Kier alpha value is -3.17. The molecule has 3 rings (SSSR count). The third kappa shape index (κ3) is 3.69. The average molecular weight is 383 g/mol. The van der Waals surface area contributed by atoms with Crippen LogP contribution < -0.4 is 10.9 Å². The predicted molar refractivity (Wildman–Crippen MR) is 87.2 cm³/mol. The van der Waals surface area contributed by atoms with Gasteiger partial charge in [0.2, 0.25) is 5.91 Å². The molecule has 6 nitrogen and oxygen atoms in total. The number of hydrogen-bond acceptors (Lipinski definition) is 4. The molecule has 27 heavy (non-hydrogen) atoms. The SMILES string of the molecule is O=C(NNc1ccc(C(F)(F)F)cc1[N+](=O)[O-])C1(c2ccc(F)cc2)CC1. The Morgan fingerprint density at radius 1 is 1.11 bits per heavy atom. The Morgan fingerprint density at radius 3 is 2.26 bits per heavy atom. The van der Waals surface area contributed by atoms with Crippen molar-refractivity contribution in [3.63, 3.8) is 0 Å². The van der Waals surface area contributed by atoms with E-state index in [-0.39, 0.29) is 5.69 Å². The molecular formula is C17H13F4N3O3. The molecule has 1 aliphatic carbocycles. The van der Waals surface area contributed by atoms with Crippen molar-refractivity contribution >= 4 is 17.3 Å². The van der Waals surface area contributed by atoms with Crippen LogP contribution in [0.1, 0.15) is 24.0 Å². The lowest BCUT2D eigenvalue weighted by Gasteiger charge is -2.17. The standard InChI is InChI=1S/C17H13F4N3O3/c18-12-4-1-10(2-5-12)16(7-8-16)15(25)23-22-13-6-3-11(17(19,20)21)9-14(13)24(26)27/h1-6,9,22H,7-8H2,(H,23,25). The Labute approximate surface area is 150 Å². The van der Waals surface area contributed by atoms with Crippen molar-refractivity contribution in [1.29, 1.82) is 0 Å². The van der Waals surface area contributed by atoms with Gasteiger partial charge in [0.05, 0.1) is 15.9 Å². The van der Waals surface area contributed by atoms with Crippen LogP contribution in [0.2, 0.25) is 0 Å². The highest BCUT2D eigenvalue weighted by Crippen LogP contribution is 2.48. The van der Waals surface area contributed by atoms with E-state index >= 15 is 0 Å². The summed E-state index contributed by atoms with van der Waals surface area (Å²) in [6.07, 6.45) is -3.73. The molecule has 2 N–H and O–H groups in total. The van der Waals surface area contributed by atoms with Crippen LogP contribution in [0.15, 0.2) is 42.5 Å². The first kappa shape index (κ1) is 18.6. The molecule has 0 heterocycles. The first-order valence-electron chi connectivity index (χ1n) is 7.82. The summed E-state index contributed by atoms with van der Waals surface area (Å²) in [5, 5.41) is 11.1. The molecular weight excluding hydrogens is 370 g/mol. The molecule has 2 aromatic rings. The fraction of sp³-hybridized carbons (Fsp3) is 0.235. The molecule has 1 fully saturated rings. The highest BCUT2D eigenvalue weighted by atomic mass is 19.4. The van der Waals surface area contributed by atoms with E-state index in [1.807, 2.05) is 0 Å². The molecule has 0 unspecified atom stereocenters. The molecule has 0 aliphatic heterocycles. The summed E-state index contributed by atoms with van der Waals surface area (Å²) in [6.45, 7) is 0. The molecule has 2 aromatic carbocycles. The molecule has 10 heteroatoms. The Balaban J connectivity index is 1.77. The van der Waals surface area contributed by atoms with Crippen molar-refractivity contribution in [3.05, 3.63) is 69.5 Å². The number of nitrogens with one attached hydrogen (secondary N) is 2. The number of hydrogen-bond donors (Lipinski definition) is 2. The minimum atomic E-state index is -4.73. The zero-order chi connectivity index (χ0) is 19.8. The van der Waals surface area contributed by atoms with Gasteiger partial charge < -0.3 is 0 Å². The smallest absolute Gasteiger partial charge is 0.292 e. The van der Waals surface area contributed by atoms with Crippen LogP contribution in [0, 0.1) is 15.9 Å². The van der Waals surface area contributed by atoms with E-state index in [1.165, 1.54) is 24.3 Å². The summed E-state index contributed by atoms with van der Waals surface area (Å²) < 4.78 is 51.2. The van der Waals surface area contributed by atoms with Gasteiger partial charge in [0, 0.05) is 6.07 Å². The summed E-state index contributed by atoms with van der Waals surface area (Å²) in [6, 6.07) is 7.33. The third-order valence-corrected chi connectivity index (χ3v) is 4.41. The number of hydrazine groups is 1. The second kappa shape index (κ2) is 6.53. The largest absolute Gasteiger partial charge is 0.416 e. The van der Waals surface area contributed by atoms with Crippen LogP contribution in [0.3, 0.4) is 0 Å². The van der Waals surface area contributed by atoms with Gasteiger partial charge >= 0.3 is 6.18 Å². The van der Waals surface area contributed by atoms with Crippen molar-refractivity contribution in [2.75, 3.05) is 5.43 Å². The van der Waals surface area contributed by atoms with Crippen LogP contribution in [0.4, 0.5) is 28.9 Å². The maximum atomic E-state index is 13.0. The van der Waals surface area contributed by atoms with Crippen molar-refractivity contribution in [1.82, 2.24) is 5.43 Å². The number of alkyl halides is 3. The van der Waals surface area contributed by atoms with Gasteiger partial charge in [-0.05, 0) is 42.7 Å². The lowest BCUT2D eigenvalue weighted by atomic mass is 9.95. The number of anilines is 1. The molecule has 0 spiro atoms. The van der Waals surface area contributed by atoms with Crippen molar-refractivity contribution in [3.8, 4) is 0 Å². The third-order valence-electron chi connectivity index (χ3n) is 4.41. The Kier molecular flexibility index (Phi) is 4.50. The Morgan fingerprint density at radius 2 is 1.74 bits per heavy atom. The van der Waals surface area contributed by atoms with E-state index in [2.05, 4.69) is 10.9 Å². The maximum Gasteiger partial charge on any atom is 0.416 e. The van der Waals surface area contributed by atoms with E-state index in [1.54, 1.807) is 0 Å². The highest BCUT2D eigenvalue weighted by Gasteiger charge is 2.51. The maximum absolute atomic E-state index is 13.0. The lowest BCUT2D eigenvalue weighted by molar-refractivity contribution is -0.384. The first-order valence-corrected chi connectivity index (χ1v) is 7.82. The number of nitrogens with zero attached hydrogens (tertiary/aromatic N) is 1. The van der Waals surface area contributed by atoms with Gasteiger partial charge in [0.15, 0.2) is 0 Å². The number of nitro benzene ring substituents is 1. The number of nitro groups is 1. The second-order valence-electron chi connectivity index (χ2n) is 6.15. The van der Waals surface area contributed by atoms with E-state index in [9.17, 15) is 32.5 Å². The number of amides is 1. The van der Waals surface area contributed by atoms with Crippen molar-refractivity contribution < 1.29 is 27.3 Å². The molecule has 0 aromatic heterocycles. The van der Waals surface area contributed by atoms with Crippen LogP contribution in [0.25, 0.3) is 0 Å². The summed E-state index contributed by atoms with van der Waals surface area (Å²) in [5.41, 5.74) is 2.04. The van der Waals surface area contributed by atoms with Gasteiger partial charge in [-0.3, -0.25) is 25.8 Å². The first-order chi connectivity index (χ1) is 12.6. The van der Waals surface area contributed by atoms with Gasteiger partial charge in [-0.15, -0.1) is 0 Å². The monoisotopic (exact) mass is 383 g/mol. The number of rotatable bonds is 5. The number of benzene rings is 2. The molecule has 1 saturated carbocycles. The average Bonchev–Trinajstić information content (AvgIpc) is 3.41.